The van der Waals surface area contributed by atoms with E-state index in [4.69, 9.17) is 5.11 Å². The molecular formula is C16H34O2. The third-order valence-electron chi connectivity index (χ3n) is 2.89. The number of hydrogen-bond acceptors (Lipinski definition) is 2. The summed E-state index contributed by atoms with van der Waals surface area (Å²) in [6.45, 7) is 6.41. The van der Waals surface area contributed by atoms with Gasteiger partial charge in [0.25, 0.3) is 0 Å². The largest absolute Gasteiger partial charge is 0.396 e. The van der Waals surface area contributed by atoms with E-state index >= 15 is 0 Å². The van der Waals surface area contributed by atoms with Crippen molar-refractivity contribution in [3.8, 4) is 0 Å². The lowest BCUT2D eigenvalue weighted by Crippen LogP contribution is -1.88. The van der Waals surface area contributed by atoms with Gasteiger partial charge >= 0.3 is 0 Å². The number of ketones is 1. The van der Waals surface area contributed by atoms with Crippen LogP contribution in [0.25, 0.3) is 0 Å². The molecule has 0 atom stereocenters. The standard InChI is InChI=1S/C8H16O.C8H18O/c1-3-4-5-6-7-8(2)9;1-2-3-4-5-6-7-8-9/h3-7H2,1-2H3;9H,2-8H2,1H3. The molecule has 0 bridgehead atoms. The molecule has 0 radical (unpaired) electrons. The van der Waals surface area contributed by atoms with Crippen LogP contribution in [0, 0.1) is 0 Å². The summed E-state index contributed by atoms with van der Waals surface area (Å²) in [5, 5.41) is 8.42. The van der Waals surface area contributed by atoms with Crippen molar-refractivity contribution in [3.05, 3.63) is 0 Å². The van der Waals surface area contributed by atoms with E-state index in [-0.39, 0.29) is 0 Å². The second kappa shape index (κ2) is 19.0. The summed E-state index contributed by atoms with van der Waals surface area (Å²) < 4.78 is 0. The minimum atomic E-state index is 0.325. The predicted molar refractivity (Wildman–Crippen MR) is 79.9 cm³/mol. The monoisotopic (exact) mass is 258 g/mol. The first-order chi connectivity index (χ1) is 8.68. The van der Waals surface area contributed by atoms with Crippen LogP contribution in [-0.2, 0) is 4.79 Å². The van der Waals surface area contributed by atoms with Crippen LogP contribution in [0.4, 0.5) is 0 Å². The van der Waals surface area contributed by atoms with E-state index in [9.17, 15) is 4.79 Å². The molecule has 2 nitrogen and oxygen atoms in total. The highest BCUT2D eigenvalue weighted by atomic mass is 16.2. The van der Waals surface area contributed by atoms with Gasteiger partial charge in [-0.25, -0.2) is 0 Å². The molecule has 0 rings (SSSR count). The molecule has 0 amide bonds. The number of unbranched alkanes of at least 4 members (excludes halogenated alkanes) is 8. The average molecular weight is 258 g/mol. The van der Waals surface area contributed by atoms with E-state index < -0.39 is 0 Å². The second-order valence-electron chi connectivity index (χ2n) is 5.00. The molecule has 0 heterocycles. The molecule has 2 heteroatoms. The molecule has 0 spiro atoms. The maximum absolute atomic E-state index is 10.4. The summed E-state index contributed by atoms with van der Waals surface area (Å²) in [7, 11) is 0. The van der Waals surface area contributed by atoms with Crippen molar-refractivity contribution in [1.82, 2.24) is 0 Å². The zero-order chi connectivity index (χ0) is 14.1. The van der Waals surface area contributed by atoms with Crippen molar-refractivity contribution in [1.29, 1.82) is 0 Å². The van der Waals surface area contributed by atoms with E-state index in [1.54, 1.807) is 6.92 Å². The fourth-order valence-electron chi connectivity index (χ4n) is 1.69. The van der Waals surface area contributed by atoms with E-state index in [0.717, 1.165) is 19.3 Å². The third kappa shape index (κ3) is 24.7. The molecule has 110 valence electrons. The zero-order valence-electron chi connectivity index (χ0n) is 12.8. The third-order valence-corrected chi connectivity index (χ3v) is 2.89. The smallest absolute Gasteiger partial charge is 0.129 e. The fraction of sp³-hybridized carbons (Fsp3) is 0.938. The number of carbonyl (C=O) groups is 1. The maximum Gasteiger partial charge on any atom is 0.129 e. The van der Waals surface area contributed by atoms with Gasteiger partial charge in [0.05, 0.1) is 0 Å². The number of aliphatic hydroxyl groups is 1. The molecule has 0 aliphatic rings. The Bertz CT molecular complexity index is 149. The summed E-state index contributed by atoms with van der Waals surface area (Å²) >= 11 is 0. The quantitative estimate of drug-likeness (QED) is 0.536. The first-order valence-corrected chi connectivity index (χ1v) is 7.79. The Balaban J connectivity index is 0. The highest BCUT2D eigenvalue weighted by Gasteiger charge is 1.91. The average Bonchev–Trinajstić information content (AvgIpc) is 2.35. The number of carbonyl (C=O) groups excluding carboxylic acids is 1. The molecule has 0 aliphatic carbocycles. The van der Waals surface area contributed by atoms with Gasteiger partial charge in [0.15, 0.2) is 0 Å². The van der Waals surface area contributed by atoms with Crippen LogP contribution in [-0.4, -0.2) is 17.5 Å². The lowest BCUT2D eigenvalue weighted by atomic mass is 10.1. The highest BCUT2D eigenvalue weighted by molar-refractivity contribution is 5.75. The first kappa shape index (κ1) is 20.0. The normalized spacial score (nSPS) is 9.78. The molecule has 0 unspecified atom stereocenters. The van der Waals surface area contributed by atoms with Crippen LogP contribution in [0.5, 0.6) is 0 Å². The van der Waals surface area contributed by atoms with Crippen molar-refractivity contribution in [3.63, 3.8) is 0 Å². The Kier molecular flexibility index (Phi) is 21.0. The SMILES string of the molecule is CCCCCCC(C)=O.CCCCCCCCO. The lowest BCUT2D eigenvalue weighted by molar-refractivity contribution is -0.117. The van der Waals surface area contributed by atoms with Crippen LogP contribution in [0.1, 0.15) is 91.4 Å². The van der Waals surface area contributed by atoms with Gasteiger partial charge in [-0.3, -0.25) is 0 Å². The van der Waals surface area contributed by atoms with Gasteiger partial charge in [-0.05, 0) is 19.8 Å². The van der Waals surface area contributed by atoms with Gasteiger partial charge in [0.1, 0.15) is 5.78 Å². The van der Waals surface area contributed by atoms with Gasteiger partial charge in [0, 0.05) is 13.0 Å². The highest BCUT2D eigenvalue weighted by Crippen LogP contribution is 2.03. The molecule has 1 N–H and O–H groups in total. The molecule has 0 fully saturated rings. The second-order valence-corrected chi connectivity index (χ2v) is 5.00. The Labute approximate surface area is 114 Å². The lowest BCUT2D eigenvalue weighted by Gasteiger charge is -1.95. The Morgan fingerprint density at radius 2 is 1.22 bits per heavy atom. The summed E-state index contributed by atoms with van der Waals surface area (Å²) in [5.41, 5.74) is 0. The van der Waals surface area contributed by atoms with Crippen LogP contribution < -0.4 is 0 Å². The Hall–Kier alpha value is -0.370. The summed E-state index contributed by atoms with van der Waals surface area (Å²) in [6, 6.07) is 0. The van der Waals surface area contributed by atoms with E-state index in [1.807, 2.05) is 0 Å². The minimum absolute atomic E-state index is 0.325. The molecule has 0 aromatic rings. The minimum Gasteiger partial charge on any atom is -0.396 e. The number of hydrogen-bond donors (Lipinski definition) is 1. The summed E-state index contributed by atoms with van der Waals surface area (Å²) in [4.78, 5) is 10.4. The van der Waals surface area contributed by atoms with Gasteiger partial charge in [0.2, 0.25) is 0 Å². The van der Waals surface area contributed by atoms with E-state index in [2.05, 4.69) is 13.8 Å². The van der Waals surface area contributed by atoms with E-state index in [1.165, 1.54) is 51.4 Å². The summed E-state index contributed by atoms with van der Waals surface area (Å²) in [5.74, 6) is 0.325. The van der Waals surface area contributed by atoms with Crippen molar-refractivity contribution < 1.29 is 9.90 Å². The van der Waals surface area contributed by atoms with Gasteiger partial charge in [-0.2, -0.15) is 0 Å². The maximum atomic E-state index is 10.4. The summed E-state index contributed by atoms with van der Waals surface area (Å²) in [6.07, 6.45) is 13.1. The predicted octanol–water partition coefficient (Wildman–Crippen LogP) is 4.89. The van der Waals surface area contributed by atoms with Crippen LogP contribution >= 0.6 is 0 Å². The topological polar surface area (TPSA) is 37.3 Å². The van der Waals surface area contributed by atoms with Gasteiger partial charge < -0.3 is 9.90 Å². The molecule has 0 aromatic heterocycles. The Morgan fingerprint density at radius 3 is 1.67 bits per heavy atom. The van der Waals surface area contributed by atoms with Crippen molar-refractivity contribution in [2.75, 3.05) is 6.61 Å². The molecule has 18 heavy (non-hydrogen) atoms. The van der Waals surface area contributed by atoms with Crippen molar-refractivity contribution in [2.24, 2.45) is 0 Å². The van der Waals surface area contributed by atoms with Gasteiger partial charge in [-0.1, -0.05) is 65.2 Å². The number of rotatable bonds is 11. The first-order valence-electron chi connectivity index (χ1n) is 7.79. The van der Waals surface area contributed by atoms with Crippen molar-refractivity contribution >= 4 is 5.78 Å². The molecule has 0 saturated carbocycles. The number of Topliss-reactive ketones (excluding diaryl/α,β-unsaturated/α-hetero) is 1. The molecule has 0 saturated heterocycles. The van der Waals surface area contributed by atoms with Crippen LogP contribution in [0.15, 0.2) is 0 Å². The zero-order valence-corrected chi connectivity index (χ0v) is 12.8. The molecule has 0 aliphatic heterocycles. The Morgan fingerprint density at radius 1 is 0.778 bits per heavy atom. The van der Waals surface area contributed by atoms with Crippen LogP contribution in [0.2, 0.25) is 0 Å². The molecular weight excluding hydrogens is 224 g/mol. The van der Waals surface area contributed by atoms with Crippen molar-refractivity contribution in [2.45, 2.75) is 91.4 Å². The van der Waals surface area contributed by atoms with Crippen LogP contribution in [0.3, 0.4) is 0 Å². The fourth-order valence-corrected chi connectivity index (χ4v) is 1.69. The van der Waals surface area contributed by atoms with Gasteiger partial charge in [-0.15, -0.1) is 0 Å². The van der Waals surface area contributed by atoms with E-state index in [0.29, 0.717) is 12.4 Å². The number of aliphatic hydroxyl groups excluding tert-OH is 1. The molecule has 0 aromatic carbocycles.